The van der Waals surface area contributed by atoms with Crippen molar-refractivity contribution in [3.8, 4) is 11.3 Å². The average Bonchev–Trinajstić information content (AvgIpc) is 3.21. The molecule has 0 saturated carbocycles. The van der Waals surface area contributed by atoms with Gasteiger partial charge in [-0.05, 0) is 84.5 Å². The third kappa shape index (κ3) is 4.07. The van der Waals surface area contributed by atoms with Crippen LogP contribution in [-0.2, 0) is 17.4 Å². The Morgan fingerprint density at radius 3 is 2.10 bits per heavy atom. The highest BCUT2D eigenvalue weighted by Gasteiger charge is 2.49. The van der Waals surface area contributed by atoms with E-state index in [1.54, 1.807) is 0 Å². The molecule has 0 fully saturated rings. The predicted octanol–water partition coefficient (Wildman–Crippen LogP) is 9.95. The van der Waals surface area contributed by atoms with Gasteiger partial charge in [0.25, 0.3) is 5.52 Å². The van der Waals surface area contributed by atoms with E-state index >= 15 is 0 Å². The van der Waals surface area contributed by atoms with Gasteiger partial charge in [0, 0.05) is 41.0 Å². The second-order valence-corrected chi connectivity index (χ2v) is 15.1. The van der Waals surface area contributed by atoms with Crippen LogP contribution in [-0.4, -0.2) is 9.50 Å². The maximum absolute atomic E-state index is 5.51. The number of nitrogens with zero attached hydrogens (tertiary/aromatic N) is 3. The molecule has 0 aliphatic carbocycles. The molecule has 0 radical (unpaired) electrons. The molecule has 42 heavy (non-hydrogen) atoms. The average molecular weight is 559 g/mol. The van der Waals surface area contributed by atoms with E-state index in [0.717, 1.165) is 30.5 Å². The van der Waals surface area contributed by atoms with Crippen molar-refractivity contribution in [1.29, 1.82) is 0 Å². The molecule has 6 rings (SSSR count). The van der Waals surface area contributed by atoms with E-state index < -0.39 is 0 Å². The van der Waals surface area contributed by atoms with Gasteiger partial charge in [-0.1, -0.05) is 84.3 Å². The Hall–Kier alpha value is -3.46. The highest BCUT2D eigenvalue weighted by molar-refractivity contribution is 6.02. The fourth-order valence-electron chi connectivity index (χ4n) is 7.71. The van der Waals surface area contributed by atoms with Gasteiger partial charge in [0.2, 0.25) is 5.54 Å². The van der Waals surface area contributed by atoms with Crippen LogP contribution in [0.15, 0.2) is 49.0 Å². The summed E-state index contributed by atoms with van der Waals surface area (Å²) < 4.78 is 5.07. The summed E-state index contributed by atoms with van der Waals surface area (Å²) in [6.07, 6.45) is 2.93. The monoisotopic (exact) mass is 558 g/mol. The molecule has 0 amide bonds. The summed E-state index contributed by atoms with van der Waals surface area (Å²) in [7, 11) is 0. The van der Waals surface area contributed by atoms with Gasteiger partial charge in [0.05, 0.1) is 5.69 Å². The largest absolute Gasteiger partial charge is 0.259 e. The Morgan fingerprint density at radius 1 is 0.881 bits per heavy atom. The van der Waals surface area contributed by atoms with E-state index in [9.17, 15) is 0 Å². The summed E-state index contributed by atoms with van der Waals surface area (Å²) in [4.78, 5) is 5.51. The van der Waals surface area contributed by atoms with Gasteiger partial charge in [-0.3, -0.25) is 0 Å². The zero-order chi connectivity index (χ0) is 30.5. The zero-order valence-electron chi connectivity index (χ0n) is 27.7. The second kappa shape index (κ2) is 9.27. The SMILES string of the molecule is C=C1c2cc(C(C)(C)C)cc3c(CC(C)(C)C)cc4c5nc(-c6c(C)cc(C)cc6C)ccc5[n+](n4c23)C1(CC)CC. The molecule has 1 aliphatic heterocycles. The molecular formula is C39H48N3+. The molecule has 1 aliphatic rings. The number of allylic oxidation sites excluding steroid dienone is 1. The van der Waals surface area contributed by atoms with Crippen molar-refractivity contribution in [2.75, 3.05) is 0 Å². The highest BCUT2D eigenvalue weighted by atomic mass is 15.4. The Bertz CT molecular complexity index is 1910. The topological polar surface area (TPSA) is 21.2 Å². The lowest BCUT2D eigenvalue weighted by Crippen LogP contribution is -2.61. The molecule has 0 spiro atoms. The van der Waals surface area contributed by atoms with Crippen molar-refractivity contribution in [1.82, 2.24) is 9.50 Å². The standard InChI is InChI=1S/C39H48N3/c1-13-39(14-2)26(6)29-20-28(38(10,11)12)21-30-27(22-37(7,8)9)19-33-35-32(42(39)41(33)36(29)30)16-15-31(40-35)34-24(4)17-23(3)18-25(34)5/h15-21H,6,13-14,22H2,1-5,7-12H3/q+1. The molecule has 4 heterocycles. The number of hydrogen-bond donors (Lipinski definition) is 0. The maximum atomic E-state index is 5.51. The molecule has 3 heteroatoms. The number of benzene rings is 2. The number of hydrogen-bond acceptors (Lipinski definition) is 1. The van der Waals surface area contributed by atoms with E-state index in [0.29, 0.717) is 0 Å². The first-order valence-electron chi connectivity index (χ1n) is 15.8. The quantitative estimate of drug-likeness (QED) is 0.201. The summed E-state index contributed by atoms with van der Waals surface area (Å²) >= 11 is 0. The summed E-state index contributed by atoms with van der Waals surface area (Å²) in [5.74, 6) is 0. The molecule has 2 aromatic carbocycles. The Labute approximate surface area is 252 Å². The van der Waals surface area contributed by atoms with Crippen LogP contribution < -0.4 is 4.68 Å². The normalized spacial score (nSPS) is 15.1. The van der Waals surface area contributed by atoms with Crippen LogP contribution in [0.5, 0.6) is 0 Å². The van der Waals surface area contributed by atoms with E-state index in [1.165, 1.54) is 66.5 Å². The molecule has 3 aromatic heterocycles. The number of aromatic nitrogens is 3. The van der Waals surface area contributed by atoms with Gasteiger partial charge < -0.3 is 0 Å². The molecule has 0 unspecified atom stereocenters. The third-order valence-electron chi connectivity index (χ3n) is 9.73. The smallest absolute Gasteiger partial charge is 0.239 e. The van der Waals surface area contributed by atoms with Crippen molar-refractivity contribution in [2.45, 2.75) is 106 Å². The number of fused-ring (bicyclic) bond motifs is 3. The first-order chi connectivity index (χ1) is 19.6. The molecule has 218 valence electrons. The number of rotatable bonds is 4. The fourth-order valence-corrected chi connectivity index (χ4v) is 7.71. The van der Waals surface area contributed by atoms with E-state index in [1.807, 2.05) is 0 Å². The number of aryl methyl sites for hydroxylation is 3. The van der Waals surface area contributed by atoms with Crippen molar-refractivity contribution >= 4 is 33.0 Å². The summed E-state index contributed by atoms with van der Waals surface area (Å²) in [5, 5.41) is 1.35. The van der Waals surface area contributed by atoms with Crippen molar-refractivity contribution < 1.29 is 4.68 Å². The Morgan fingerprint density at radius 2 is 1.52 bits per heavy atom. The Balaban J connectivity index is 1.84. The molecule has 0 saturated heterocycles. The molecule has 5 aromatic rings. The summed E-state index contributed by atoms with van der Waals surface area (Å²) in [6.45, 7) is 30.1. The van der Waals surface area contributed by atoms with Gasteiger partial charge in [0.15, 0.2) is 5.52 Å². The van der Waals surface area contributed by atoms with Crippen LogP contribution in [0.2, 0.25) is 0 Å². The van der Waals surface area contributed by atoms with Crippen LogP contribution in [0.3, 0.4) is 0 Å². The second-order valence-electron chi connectivity index (χ2n) is 15.1. The summed E-state index contributed by atoms with van der Waals surface area (Å²) in [5.41, 5.74) is 16.1. The summed E-state index contributed by atoms with van der Waals surface area (Å²) in [6, 6.07) is 16.5. The van der Waals surface area contributed by atoms with Crippen LogP contribution in [0.1, 0.15) is 102 Å². The molecule has 0 bridgehead atoms. The van der Waals surface area contributed by atoms with Crippen molar-refractivity contribution in [2.24, 2.45) is 5.41 Å². The fraction of sp³-hybridized carbons (Fsp3) is 0.436. The van der Waals surface area contributed by atoms with Crippen LogP contribution >= 0.6 is 0 Å². The van der Waals surface area contributed by atoms with Crippen molar-refractivity contribution in [3.05, 3.63) is 82.4 Å². The minimum Gasteiger partial charge on any atom is -0.239 e. The maximum Gasteiger partial charge on any atom is 0.259 e. The molecule has 0 atom stereocenters. The van der Waals surface area contributed by atoms with E-state index in [4.69, 9.17) is 11.6 Å². The Kier molecular flexibility index (Phi) is 6.32. The van der Waals surface area contributed by atoms with Gasteiger partial charge in [-0.25, -0.2) is 4.98 Å². The highest BCUT2D eigenvalue weighted by Crippen LogP contribution is 2.46. The van der Waals surface area contributed by atoms with Gasteiger partial charge in [-0.2, -0.15) is 0 Å². The van der Waals surface area contributed by atoms with E-state index in [2.05, 4.69) is 128 Å². The van der Waals surface area contributed by atoms with Gasteiger partial charge in [-0.15, -0.1) is 4.52 Å². The lowest BCUT2D eigenvalue weighted by Gasteiger charge is -2.34. The third-order valence-corrected chi connectivity index (χ3v) is 9.73. The number of pyridine rings is 2. The molecular weight excluding hydrogens is 510 g/mol. The van der Waals surface area contributed by atoms with Gasteiger partial charge in [0.1, 0.15) is 11.0 Å². The predicted molar refractivity (Wildman–Crippen MR) is 179 cm³/mol. The molecule has 3 nitrogen and oxygen atoms in total. The zero-order valence-corrected chi connectivity index (χ0v) is 27.7. The minimum absolute atomic E-state index is 0.0368. The van der Waals surface area contributed by atoms with Crippen LogP contribution in [0.4, 0.5) is 0 Å². The van der Waals surface area contributed by atoms with Crippen molar-refractivity contribution in [3.63, 3.8) is 0 Å². The first-order valence-corrected chi connectivity index (χ1v) is 15.8. The van der Waals surface area contributed by atoms with Crippen LogP contribution in [0, 0.1) is 26.2 Å². The van der Waals surface area contributed by atoms with E-state index in [-0.39, 0.29) is 16.4 Å². The first kappa shape index (κ1) is 28.6. The molecule has 0 N–H and O–H groups in total. The van der Waals surface area contributed by atoms with Gasteiger partial charge >= 0.3 is 0 Å². The minimum atomic E-state index is -0.231. The lowest BCUT2D eigenvalue weighted by molar-refractivity contribution is -0.786. The lowest BCUT2D eigenvalue weighted by atomic mass is 9.76. The van der Waals surface area contributed by atoms with Crippen LogP contribution in [0.25, 0.3) is 44.3 Å².